The molecular formula is C11H9Cl2N3O2. The lowest BCUT2D eigenvalue weighted by Crippen LogP contribution is -1.94. The van der Waals surface area contributed by atoms with Gasteiger partial charge >= 0.3 is 0 Å². The number of nitrogens with zero attached hydrogens (tertiary/aromatic N) is 3. The number of carbonyl (C=O) groups is 1. The predicted octanol–water partition coefficient (Wildman–Crippen LogP) is 2.96. The maximum atomic E-state index is 10.8. The van der Waals surface area contributed by atoms with Gasteiger partial charge in [0.25, 0.3) is 0 Å². The highest BCUT2D eigenvalue weighted by Crippen LogP contribution is 2.25. The van der Waals surface area contributed by atoms with E-state index < -0.39 is 0 Å². The summed E-state index contributed by atoms with van der Waals surface area (Å²) in [6, 6.07) is 1.55. The van der Waals surface area contributed by atoms with Gasteiger partial charge in [-0.1, -0.05) is 28.4 Å². The first-order valence-electron chi connectivity index (χ1n) is 5.19. The van der Waals surface area contributed by atoms with Crippen LogP contribution in [0.2, 0.25) is 10.0 Å². The second-order valence-corrected chi connectivity index (χ2v) is 4.54. The Labute approximate surface area is 113 Å². The molecule has 2 heterocycles. The van der Waals surface area contributed by atoms with Gasteiger partial charge in [0.2, 0.25) is 11.7 Å². The fraction of sp³-hybridized carbons (Fsp3) is 0.273. The van der Waals surface area contributed by atoms with Crippen LogP contribution in [0.5, 0.6) is 0 Å². The second-order valence-electron chi connectivity index (χ2n) is 3.70. The Morgan fingerprint density at radius 2 is 2.22 bits per heavy atom. The predicted molar refractivity (Wildman–Crippen MR) is 66.6 cm³/mol. The van der Waals surface area contributed by atoms with Gasteiger partial charge in [0.05, 0.1) is 10.0 Å². The molecule has 18 heavy (non-hydrogen) atoms. The standard InChI is InChI=1S/C11H9Cl2N3O2/c1-6(17)2-3-9-15-11(16-18-9)10-8(13)4-7(12)5-14-10/h4-5H,2-3H2,1H3. The number of aryl methyl sites for hydroxylation is 1. The van der Waals surface area contributed by atoms with Crippen molar-refractivity contribution < 1.29 is 9.32 Å². The summed E-state index contributed by atoms with van der Waals surface area (Å²) < 4.78 is 5.01. The van der Waals surface area contributed by atoms with Gasteiger partial charge in [-0.15, -0.1) is 0 Å². The van der Waals surface area contributed by atoms with E-state index >= 15 is 0 Å². The van der Waals surface area contributed by atoms with Gasteiger partial charge in [0, 0.05) is 19.0 Å². The van der Waals surface area contributed by atoms with Gasteiger partial charge in [-0.3, -0.25) is 0 Å². The number of carbonyl (C=O) groups excluding carboxylic acids is 1. The molecule has 0 amide bonds. The molecular weight excluding hydrogens is 277 g/mol. The van der Waals surface area contributed by atoms with Crippen LogP contribution in [0.15, 0.2) is 16.8 Å². The van der Waals surface area contributed by atoms with Crippen LogP contribution >= 0.6 is 23.2 Å². The number of rotatable bonds is 4. The van der Waals surface area contributed by atoms with Crippen molar-refractivity contribution in [1.29, 1.82) is 0 Å². The second kappa shape index (κ2) is 5.46. The van der Waals surface area contributed by atoms with Crippen molar-refractivity contribution in [1.82, 2.24) is 15.1 Å². The lowest BCUT2D eigenvalue weighted by molar-refractivity contribution is -0.117. The number of halogens is 2. The zero-order valence-corrected chi connectivity index (χ0v) is 11.0. The van der Waals surface area contributed by atoms with Crippen molar-refractivity contribution in [3.63, 3.8) is 0 Å². The summed E-state index contributed by atoms with van der Waals surface area (Å²) in [4.78, 5) is 19.0. The van der Waals surface area contributed by atoms with E-state index in [9.17, 15) is 4.79 Å². The Morgan fingerprint density at radius 3 is 2.89 bits per heavy atom. The molecule has 0 spiro atoms. The van der Waals surface area contributed by atoms with Crippen LogP contribution in [0.4, 0.5) is 0 Å². The van der Waals surface area contributed by atoms with Gasteiger partial charge in [-0.25, -0.2) is 4.98 Å². The highest BCUT2D eigenvalue weighted by molar-refractivity contribution is 6.35. The Bertz CT molecular complexity index is 583. The minimum Gasteiger partial charge on any atom is -0.339 e. The summed E-state index contributed by atoms with van der Waals surface area (Å²) in [7, 11) is 0. The summed E-state index contributed by atoms with van der Waals surface area (Å²) >= 11 is 11.7. The molecule has 0 aliphatic carbocycles. The molecule has 0 N–H and O–H groups in total. The summed E-state index contributed by atoms with van der Waals surface area (Å²) in [5.74, 6) is 0.737. The molecule has 2 rings (SSSR count). The van der Waals surface area contributed by atoms with Crippen LogP contribution in [-0.4, -0.2) is 20.9 Å². The molecule has 94 valence electrons. The quantitative estimate of drug-likeness (QED) is 0.864. The average Bonchev–Trinajstić information content (AvgIpc) is 2.75. The molecule has 5 nitrogen and oxygen atoms in total. The van der Waals surface area contributed by atoms with Crippen molar-refractivity contribution >= 4 is 29.0 Å². The minimum atomic E-state index is 0.0670. The van der Waals surface area contributed by atoms with Gasteiger partial charge in [0.1, 0.15) is 11.5 Å². The number of Topliss-reactive ketones (excluding diaryl/α,β-unsaturated/α-hetero) is 1. The summed E-state index contributed by atoms with van der Waals surface area (Å²) in [5.41, 5.74) is 0.402. The smallest absolute Gasteiger partial charge is 0.227 e. The fourth-order valence-electron chi connectivity index (χ4n) is 1.31. The van der Waals surface area contributed by atoms with Crippen LogP contribution < -0.4 is 0 Å². The third-order valence-electron chi connectivity index (χ3n) is 2.18. The molecule has 2 aromatic heterocycles. The van der Waals surface area contributed by atoms with E-state index in [0.717, 1.165) is 0 Å². The first-order chi connectivity index (χ1) is 8.56. The highest BCUT2D eigenvalue weighted by Gasteiger charge is 2.13. The topological polar surface area (TPSA) is 68.9 Å². The maximum absolute atomic E-state index is 10.8. The van der Waals surface area contributed by atoms with Crippen LogP contribution in [0.25, 0.3) is 11.5 Å². The third kappa shape index (κ3) is 3.05. The van der Waals surface area contributed by atoms with Gasteiger partial charge in [0.15, 0.2) is 0 Å². The van der Waals surface area contributed by atoms with Crippen LogP contribution in [0.1, 0.15) is 19.2 Å². The van der Waals surface area contributed by atoms with Crippen molar-refractivity contribution in [2.24, 2.45) is 0 Å². The lowest BCUT2D eigenvalue weighted by Gasteiger charge is -1.97. The number of ketones is 1. The molecule has 0 saturated heterocycles. The number of aromatic nitrogens is 3. The van der Waals surface area contributed by atoms with E-state index in [1.165, 1.54) is 13.1 Å². The molecule has 2 aromatic rings. The van der Waals surface area contributed by atoms with Gasteiger partial charge in [-0.05, 0) is 13.0 Å². The summed E-state index contributed by atoms with van der Waals surface area (Å²) in [6.07, 6.45) is 2.23. The zero-order valence-electron chi connectivity index (χ0n) is 9.48. The molecule has 0 aliphatic rings. The van der Waals surface area contributed by atoms with Gasteiger partial charge in [-0.2, -0.15) is 4.98 Å². The molecule has 0 radical (unpaired) electrons. The summed E-state index contributed by atoms with van der Waals surface area (Å²) in [6.45, 7) is 1.51. The average molecular weight is 286 g/mol. The molecule has 7 heteroatoms. The Morgan fingerprint density at radius 1 is 1.44 bits per heavy atom. The van der Waals surface area contributed by atoms with E-state index in [1.54, 1.807) is 6.07 Å². The van der Waals surface area contributed by atoms with Crippen molar-refractivity contribution in [2.75, 3.05) is 0 Å². The minimum absolute atomic E-state index is 0.0670. The summed E-state index contributed by atoms with van der Waals surface area (Å²) in [5, 5.41) is 4.55. The van der Waals surface area contributed by atoms with E-state index in [2.05, 4.69) is 15.1 Å². The third-order valence-corrected chi connectivity index (χ3v) is 2.67. The number of pyridine rings is 1. The Kier molecular flexibility index (Phi) is 3.93. The SMILES string of the molecule is CC(=O)CCc1nc(-c2ncc(Cl)cc2Cl)no1. The van der Waals surface area contributed by atoms with E-state index in [0.29, 0.717) is 34.5 Å². The fourth-order valence-corrected chi connectivity index (χ4v) is 1.78. The lowest BCUT2D eigenvalue weighted by atomic mass is 10.2. The molecule has 0 bridgehead atoms. The van der Waals surface area contributed by atoms with Crippen LogP contribution in [0, 0.1) is 0 Å². The molecule has 0 saturated carbocycles. The van der Waals surface area contributed by atoms with E-state index in [1.807, 2.05) is 0 Å². The van der Waals surface area contributed by atoms with E-state index in [4.69, 9.17) is 27.7 Å². The molecule has 0 atom stereocenters. The van der Waals surface area contributed by atoms with Crippen LogP contribution in [-0.2, 0) is 11.2 Å². The number of hydrogen-bond donors (Lipinski definition) is 0. The van der Waals surface area contributed by atoms with Crippen molar-refractivity contribution in [3.05, 3.63) is 28.2 Å². The highest BCUT2D eigenvalue weighted by atomic mass is 35.5. The largest absolute Gasteiger partial charge is 0.339 e. The first-order valence-corrected chi connectivity index (χ1v) is 5.95. The van der Waals surface area contributed by atoms with E-state index in [-0.39, 0.29) is 11.6 Å². The molecule has 0 aromatic carbocycles. The van der Waals surface area contributed by atoms with Crippen molar-refractivity contribution in [2.45, 2.75) is 19.8 Å². The number of hydrogen-bond acceptors (Lipinski definition) is 5. The maximum Gasteiger partial charge on any atom is 0.227 e. The molecule has 0 fully saturated rings. The Hall–Kier alpha value is -1.46. The normalized spacial score (nSPS) is 10.6. The molecule has 0 unspecified atom stereocenters. The Balaban J connectivity index is 2.21. The molecule has 0 aliphatic heterocycles. The first kappa shape index (κ1) is 13.0. The van der Waals surface area contributed by atoms with Crippen LogP contribution in [0.3, 0.4) is 0 Å². The zero-order chi connectivity index (χ0) is 13.1. The van der Waals surface area contributed by atoms with Gasteiger partial charge < -0.3 is 9.32 Å². The van der Waals surface area contributed by atoms with Crippen molar-refractivity contribution in [3.8, 4) is 11.5 Å². The monoisotopic (exact) mass is 285 g/mol.